The first-order valence-electron chi connectivity index (χ1n) is 10.8. The van der Waals surface area contributed by atoms with Gasteiger partial charge in [-0.2, -0.15) is 0 Å². The minimum Gasteiger partial charge on any atom is -0.365 e. The maximum Gasteiger partial charge on any atom is 0.251 e. The number of carbonyl (C=O) groups excluding carboxylic acids is 2. The number of primary amides is 1. The number of halogens is 1. The fourth-order valence-corrected chi connectivity index (χ4v) is 5.85. The third kappa shape index (κ3) is 5.31. The van der Waals surface area contributed by atoms with Crippen molar-refractivity contribution in [2.45, 2.75) is 32.7 Å². The molecule has 3 N–H and O–H groups in total. The lowest BCUT2D eigenvalue weighted by molar-refractivity contribution is -0.117. The molecule has 2 aliphatic rings. The van der Waals surface area contributed by atoms with Gasteiger partial charge in [-0.1, -0.05) is 19.1 Å². The van der Waals surface area contributed by atoms with Crippen LogP contribution >= 0.6 is 11.3 Å². The Morgan fingerprint density at radius 2 is 1.84 bits per heavy atom. The lowest BCUT2D eigenvalue weighted by Gasteiger charge is -2.34. The molecule has 0 saturated carbocycles. The molecule has 1 atom stereocenters. The molecule has 1 fully saturated rings. The van der Waals surface area contributed by atoms with Gasteiger partial charge in [0, 0.05) is 37.6 Å². The van der Waals surface area contributed by atoms with Gasteiger partial charge in [0.2, 0.25) is 5.91 Å². The maximum absolute atomic E-state index is 13.1. The van der Waals surface area contributed by atoms with E-state index in [1.807, 2.05) is 12.1 Å². The summed E-state index contributed by atoms with van der Waals surface area (Å²) in [5.41, 5.74) is 8.26. The van der Waals surface area contributed by atoms with Crippen molar-refractivity contribution in [2.75, 3.05) is 38.0 Å². The first-order chi connectivity index (χ1) is 14.9. The van der Waals surface area contributed by atoms with E-state index in [-0.39, 0.29) is 11.7 Å². The van der Waals surface area contributed by atoms with E-state index < -0.39 is 5.91 Å². The van der Waals surface area contributed by atoms with Crippen LogP contribution in [0.25, 0.3) is 0 Å². The Labute approximate surface area is 186 Å². The second-order valence-electron chi connectivity index (χ2n) is 8.65. The highest BCUT2D eigenvalue weighted by Crippen LogP contribution is 2.39. The van der Waals surface area contributed by atoms with Crippen LogP contribution in [0, 0.1) is 11.7 Å². The number of piperazine rings is 1. The van der Waals surface area contributed by atoms with Gasteiger partial charge in [0.1, 0.15) is 10.8 Å². The zero-order chi connectivity index (χ0) is 22.0. The van der Waals surface area contributed by atoms with Gasteiger partial charge in [-0.05, 0) is 48.4 Å². The molecule has 4 rings (SSSR count). The molecule has 1 aromatic carbocycles. The summed E-state index contributed by atoms with van der Waals surface area (Å²) >= 11 is 1.50. The molecular formula is C23H29FN4O2S. The molecule has 1 saturated heterocycles. The van der Waals surface area contributed by atoms with Crippen molar-refractivity contribution in [3.05, 3.63) is 51.7 Å². The summed E-state index contributed by atoms with van der Waals surface area (Å²) in [5, 5.41) is 3.56. The fourth-order valence-electron chi connectivity index (χ4n) is 4.42. The van der Waals surface area contributed by atoms with E-state index >= 15 is 0 Å². The smallest absolute Gasteiger partial charge is 0.251 e. The van der Waals surface area contributed by atoms with Crippen LogP contribution in [0.15, 0.2) is 24.3 Å². The van der Waals surface area contributed by atoms with Crippen molar-refractivity contribution in [2.24, 2.45) is 11.7 Å². The topological polar surface area (TPSA) is 78.7 Å². The largest absolute Gasteiger partial charge is 0.365 e. The Morgan fingerprint density at radius 1 is 1.16 bits per heavy atom. The van der Waals surface area contributed by atoms with E-state index in [9.17, 15) is 14.0 Å². The molecule has 8 heteroatoms. The monoisotopic (exact) mass is 444 g/mol. The van der Waals surface area contributed by atoms with Gasteiger partial charge in [-0.15, -0.1) is 11.3 Å². The molecular weight excluding hydrogens is 415 g/mol. The molecule has 166 valence electrons. The number of fused-ring (bicyclic) bond motifs is 1. The zero-order valence-corrected chi connectivity index (χ0v) is 18.6. The van der Waals surface area contributed by atoms with Crippen molar-refractivity contribution >= 4 is 28.2 Å². The van der Waals surface area contributed by atoms with E-state index in [1.54, 1.807) is 0 Å². The van der Waals surface area contributed by atoms with Gasteiger partial charge in [-0.25, -0.2) is 4.39 Å². The second kappa shape index (κ2) is 9.46. The highest BCUT2D eigenvalue weighted by Gasteiger charge is 2.28. The standard InChI is InChI=1S/C23H29FN4O2S/c1-15-2-7-18-19(12-15)31-23(21(18)22(25)30)26-20(29)14-28-10-8-27(9-11-28)13-16-3-5-17(24)6-4-16/h3-6,15H,2,7-14H2,1H3,(H2,25,30)(H,26,29). The zero-order valence-electron chi connectivity index (χ0n) is 17.8. The number of carbonyl (C=O) groups is 2. The number of nitrogens with two attached hydrogens (primary N) is 1. The van der Waals surface area contributed by atoms with Crippen molar-refractivity contribution in [3.8, 4) is 0 Å². The molecule has 1 unspecified atom stereocenters. The van der Waals surface area contributed by atoms with E-state index in [2.05, 4.69) is 22.0 Å². The Kier molecular flexibility index (Phi) is 6.69. The van der Waals surface area contributed by atoms with Gasteiger partial charge >= 0.3 is 0 Å². The van der Waals surface area contributed by atoms with Crippen LogP contribution in [0.4, 0.5) is 9.39 Å². The highest BCUT2D eigenvalue weighted by molar-refractivity contribution is 7.17. The second-order valence-corrected chi connectivity index (χ2v) is 9.75. The van der Waals surface area contributed by atoms with Crippen molar-refractivity contribution < 1.29 is 14.0 Å². The molecule has 0 bridgehead atoms. The summed E-state index contributed by atoms with van der Waals surface area (Å²) in [7, 11) is 0. The number of nitrogens with zero attached hydrogens (tertiary/aromatic N) is 2. The average molecular weight is 445 g/mol. The maximum atomic E-state index is 13.1. The van der Waals surface area contributed by atoms with Gasteiger partial charge in [-0.3, -0.25) is 19.4 Å². The molecule has 6 nitrogen and oxygen atoms in total. The number of hydrogen-bond acceptors (Lipinski definition) is 5. The first kappa shape index (κ1) is 21.9. The Bertz CT molecular complexity index is 951. The molecule has 2 heterocycles. The Hall–Kier alpha value is -2.29. The fraction of sp³-hybridized carbons (Fsp3) is 0.478. The quantitative estimate of drug-likeness (QED) is 0.718. The predicted octanol–water partition coefficient (Wildman–Crippen LogP) is 2.87. The summed E-state index contributed by atoms with van der Waals surface area (Å²) in [6.45, 7) is 6.56. The first-order valence-corrected chi connectivity index (χ1v) is 11.6. The summed E-state index contributed by atoms with van der Waals surface area (Å²) < 4.78 is 13.1. The number of thiophene rings is 1. The van der Waals surface area contributed by atoms with Crippen LogP contribution in [0.2, 0.25) is 0 Å². The SMILES string of the molecule is CC1CCc2c(sc(NC(=O)CN3CCN(Cc4ccc(F)cc4)CC3)c2C(N)=O)C1. The normalized spacial score (nSPS) is 19.7. The summed E-state index contributed by atoms with van der Waals surface area (Å²) in [6.07, 6.45) is 2.82. The van der Waals surface area contributed by atoms with Crippen LogP contribution in [-0.2, 0) is 24.2 Å². The molecule has 2 amide bonds. The number of anilines is 1. The van der Waals surface area contributed by atoms with Crippen LogP contribution < -0.4 is 11.1 Å². The average Bonchev–Trinajstić information content (AvgIpc) is 3.08. The number of hydrogen-bond donors (Lipinski definition) is 2. The van der Waals surface area contributed by atoms with Crippen LogP contribution in [-0.4, -0.2) is 54.3 Å². The van der Waals surface area contributed by atoms with Gasteiger partial charge in [0.05, 0.1) is 12.1 Å². The van der Waals surface area contributed by atoms with Gasteiger partial charge < -0.3 is 11.1 Å². The van der Waals surface area contributed by atoms with E-state index in [1.165, 1.54) is 28.3 Å². The van der Waals surface area contributed by atoms with E-state index in [0.29, 0.717) is 23.0 Å². The molecule has 31 heavy (non-hydrogen) atoms. The van der Waals surface area contributed by atoms with Crippen LogP contribution in [0.5, 0.6) is 0 Å². The summed E-state index contributed by atoms with van der Waals surface area (Å²) in [6, 6.07) is 6.60. The van der Waals surface area contributed by atoms with E-state index in [0.717, 1.165) is 63.1 Å². The number of amides is 2. The van der Waals surface area contributed by atoms with Crippen LogP contribution in [0.3, 0.4) is 0 Å². The van der Waals surface area contributed by atoms with Crippen LogP contribution in [0.1, 0.15) is 39.7 Å². The molecule has 0 radical (unpaired) electrons. The van der Waals surface area contributed by atoms with Gasteiger partial charge in [0.15, 0.2) is 0 Å². The number of benzene rings is 1. The Balaban J connectivity index is 1.31. The van der Waals surface area contributed by atoms with Crippen molar-refractivity contribution in [1.82, 2.24) is 9.80 Å². The predicted molar refractivity (Wildman–Crippen MR) is 121 cm³/mol. The molecule has 0 spiro atoms. The molecule has 2 aromatic rings. The number of nitrogens with one attached hydrogen (secondary N) is 1. The minimum atomic E-state index is -0.461. The summed E-state index contributed by atoms with van der Waals surface area (Å²) in [5.74, 6) is -0.209. The third-order valence-corrected chi connectivity index (χ3v) is 7.33. The highest BCUT2D eigenvalue weighted by atomic mass is 32.1. The van der Waals surface area contributed by atoms with Gasteiger partial charge in [0.25, 0.3) is 5.91 Å². The molecule has 1 aromatic heterocycles. The lowest BCUT2D eigenvalue weighted by Crippen LogP contribution is -2.48. The summed E-state index contributed by atoms with van der Waals surface area (Å²) in [4.78, 5) is 30.3. The van der Waals surface area contributed by atoms with E-state index in [4.69, 9.17) is 5.73 Å². The number of rotatable bonds is 6. The third-order valence-electron chi connectivity index (χ3n) is 6.16. The molecule has 1 aliphatic carbocycles. The van der Waals surface area contributed by atoms with Crippen molar-refractivity contribution in [3.63, 3.8) is 0 Å². The van der Waals surface area contributed by atoms with Crippen molar-refractivity contribution in [1.29, 1.82) is 0 Å². The minimum absolute atomic E-state index is 0.110. The lowest BCUT2D eigenvalue weighted by atomic mass is 9.88. The Morgan fingerprint density at radius 3 is 2.52 bits per heavy atom. The molecule has 1 aliphatic heterocycles.